The molecule has 0 aliphatic carbocycles. The standard InChI is InChI=1S/C9H9F3O/c1-5(13)2-6-3-8(11)9(12)4-7(6)10/h3-5,13H,2H2,1H3/t5-/m1/s1. The third-order valence-corrected chi connectivity index (χ3v) is 1.60. The Bertz CT molecular complexity index is 310. The Balaban J connectivity index is 3.01. The molecule has 1 nitrogen and oxygen atoms in total. The molecule has 0 radical (unpaired) electrons. The van der Waals surface area contributed by atoms with E-state index in [4.69, 9.17) is 5.11 Å². The minimum atomic E-state index is -1.22. The van der Waals surface area contributed by atoms with Crippen LogP contribution in [0.15, 0.2) is 12.1 Å². The maximum absolute atomic E-state index is 12.9. The summed E-state index contributed by atoms with van der Waals surface area (Å²) in [6.07, 6.45) is -0.803. The van der Waals surface area contributed by atoms with Crippen molar-refractivity contribution in [3.8, 4) is 0 Å². The lowest BCUT2D eigenvalue weighted by Gasteiger charge is -2.05. The summed E-state index contributed by atoms with van der Waals surface area (Å²) in [5.74, 6) is -3.15. The van der Waals surface area contributed by atoms with Gasteiger partial charge in [0, 0.05) is 12.5 Å². The van der Waals surface area contributed by atoms with Crippen LogP contribution < -0.4 is 0 Å². The largest absolute Gasteiger partial charge is 0.393 e. The van der Waals surface area contributed by atoms with Crippen LogP contribution in [-0.2, 0) is 6.42 Å². The third-order valence-electron chi connectivity index (χ3n) is 1.60. The zero-order valence-corrected chi connectivity index (χ0v) is 7.02. The van der Waals surface area contributed by atoms with E-state index in [0.717, 1.165) is 6.07 Å². The molecule has 0 fully saturated rings. The quantitative estimate of drug-likeness (QED) is 0.707. The number of hydrogen-bond acceptors (Lipinski definition) is 1. The number of rotatable bonds is 2. The van der Waals surface area contributed by atoms with E-state index >= 15 is 0 Å². The number of hydrogen-bond donors (Lipinski definition) is 1. The molecule has 4 heteroatoms. The molecule has 13 heavy (non-hydrogen) atoms. The van der Waals surface area contributed by atoms with Gasteiger partial charge in [0.2, 0.25) is 0 Å². The van der Waals surface area contributed by atoms with E-state index in [-0.39, 0.29) is 12.0 Å². The fourth-order valence-electron chi connectivity index (χ4n) is 1.04. The Labute approximate surface area is 73.8 Å². The van der Waals surface area contributed by atoms with Crippen LogP contribution in [-0.4, -0.2) is 11.2 Å². The maximum atomic E-state index is 12.9. The third kappa shape index (κ3) is 2.45. The second kappa shape index (κ2) is 3.79. The molecule has 0 aliphatic heterocycles. The fourth-order valence-corrected chi connectivity index (χ4v) is 1.04. The van der Waals surface area contributed by atoms with Gasteiger partial charge >= 0.3 is 0 Å². The minimum absolute atomic E-state index is 0.0195. The van der Waals surface area contributed by atoms with Crippen molar-refractivity contribution in [2.45, 2.75) is 19.4 Å². The second-order valence-electron chi connectivity index (χ2n) is 2.91. The highest BCUT2D eigenvalue weighted by Gasteiger charge is 2.10. The average molecular weight is 190 g/mol. The van der Waals surface area contributed by atoms with Crippen molar-refractivity contribution in [2.75, 3.05) is 0 Å². The van der Waals surface area contributed by atoms with Crippen LogP contribution in [0.1, 0.15) is 12.5 Å². The Kier molecular flexibility index (Phi) is 2.93. The van der Waals surface area contributed by atoms with E-state index in [1.54, 1.807) is 0 Å². The molecule has 72 valence electrons. The molecule has 0 saturated heterocycles. The van der Waals surface area contributed by atoms with Crippen molar-refractivity contribution < 1.29 is 18.3 Å². The van der Waals surface area contributed by atoms with Crippen LogP contribution in [0.4, 0.5) is 13.2 Å². The van der Waals surface area contributed by atoms with Crippen molar-refractivity contribution in [3.63, 3.8) is 0 Å². The van der Waals surface area contributed by atoms with Gasteiger partial charge in [-0.3, -0.25) is 0 Å². The van der Waals surface area contributed by atoms with Gasteiger partial charge in [-0.1, -0.05) is 0 Å². The molecular weight excluding hydrogens is 181 g/mol. The minimum Gasteiger partial charge on any atom is -0.393 e. The molecule has 0 aromatic heterocycles. The molecule has 0 spiro atoms. The molecule has 0 amide bonds. The van der Waals surface area contributed by atoms with Crippen LogP contribution in [0.2, 0.25) is 0 Å². The highest BCUT2D eigenvalue weighted by Crippen LogP contribution is 2.15. The van der Waals surface area contributed by atoms with Crippen molar-refractivity contribution in [1.82, 2.24) is 0 Å². The van der Waals surface area contributed by atoms with Crippen LogP contribution in [0.25, 0.3) is 0 Å². The maximum Gasteiger partial charge on any atom is 0.161 e. The predicted octanol–water partition coefficient (Wildman–Crippen LogP) is 2.03. The van der Waals surface area contributed by atoms with Crippen molar-refractivity contribution in [1.29, 1.82) is 0 Å². The first-order chi connectivity index (χ1) is 6.00. The second-order valence-corrected chi connectivity index (χ2v) is 2.91. The summed E-state index contributed by atoms with van der Waals surface area (Å²) < 4.78 is 37.9. The van der Waals surface area contributed by atoms with Gasteiger partial charge in [-0.15, -0.1) is 0 Å². The summed E-state index contributed by atoms with van der Waals surface area (Å²) in [4.78, 5) is 0. The Morgan fingerprint density at radius 1 is 1.15 bits per heavy atom. The molecule has 1 aromatic rings. The molecule has 0 unspecified atom stereocenters. The zero-order valence-electron chi connectivity index (χ0n) is 7.02. The smallest absolute Gasteiger partial charge is 0.161 e. The molecule has 1 atom stereocenters. The van der Waals surface area contributed by atoms with Crippen LogP contribution in [0.5, 0.6) is 0 Å². The van der Waals surface area contributed by atoms with Crippen molar-refractivity contribution in [2.24, 2.45) is 0 Å². The molecule has 0 aliphatic rings. The topological polar surface area (TPSA) is 20.2 Å². The molecule has 1 rings (SSSR count). The predicted molar refractivity (Wildman–Crippen MR) is 41.7 cm³/mol. The summed E-state index contributed by atoms with van der Waals surface area (Å²) in [5, 5.41) is 8.91. The van der Waals surface area contributed by atoms with Gasteiger partial charge in [0.05, 0.1) is 6.10 Å². The lowest BCUT2D eigenvalue weighted by atomic mass is 10.1. The first-order valence-electron chi connectivity index (χ1n) is 3.82. The normalized spacial score (nSPS) is 13.0. The van der Waals surface area contributed by atoms with Crippen LogP contribution >= 0.6 is 0 Å². The van der Waals surface area contributed by atoms with E-state index in [0.29, 0.717) is 6.07 Å². The Morgan fingerprint density at radius 3 is 2.23 bits per heavy atom. The van der Waals surface area contributed by atoms with Gasteiger partial charge in [0.1, 0.15) is 5.82 Å². The first kappa shape index (κ1) is 10.1. The van der Waals surface area contributed by atoms with E-state index in [1.807, 2.05) is 0 Å². The lowest BCUT2D eigenvalue weighted by Crippen LogP contribution is -2.07. The van der Waals surface area contributed by atoms with Gasteiger partial charge < -0.3 is 5.11 Å². The van der Waals surface area contributed by atoms with E-state index < -0.39 is 23.6 Å². The van der Waals surface area contributed by atoms with Gasteiger partial charge in [0.15, 0.2) is 11.6 Å². The van der Waals surface area contributed by atoms with Gasteiger partial charge in [-0.2, -0.15) is 0 Å². The Morgan fingerprint density at radius 2 is 1.69 bits per heavy atom. The molecular formula is C9H9F3O. The summed E-state index contributed by atoms with van der Waals surface area (Å²) in [7, 11) is 0. The summed E-state index contributed by atoms with van der Waals surface area (Å²) in [6.45, 7) is 1.45. The molecule has 0 bridgehead atoms. The summed E-state index contributed by atoms with van der Waals surface area (Å²) >= 11 is 0. The SMILES string of the molecule is C[C@@H](O)Cc1cc(F)c(F)cc1F. The Hall–Kier alpha value is -1.03. The van der Waals surface area contributed by atoms with Crippen LogP contribution in [0.3, 0.4) is 0 Å². The van der Waals surface area contributed by atoms with Gasteiger partial charge in [0.25, 0.3) is 0 Å². The number of aliphatic hydroxyl groups is 1. The van der Waals surface area contributed by atoms with Gasteiger partial charge in [-0.25, -0.2) is 13.2 Å². The lowest BCUT2D eigenvalue weighted by molar-refractivity contribution is 0.194. The summed E-state index contributed by atoms with van der Waals surface area (Å²) in [6, 6.07) is 1.24. The molecule has 1 N–H and O–H groups in total. The zero-order chi connectivity index (χ0) is 10.0. The molecule has 1 aromatic carbocycles. The number of benzene rings is 1. The van der Waals surface area contributed by atoms with Crippen LogP contribution in [0, 0.1) is 17.5 Å². The van der Waals surface area contributed by atoms with E-state index in [1.165, 1.54) is 6.92 Å². The van der Waals surface area contributed by atoms with Gasteiger partial charge in [-0.05, 0) is 18.6 Å². The fraction of sp³-hybridized carbons (Fsp3) is 0.333. The highest BCUT2D eigenvalue weighted by atomic mass is 19.2. The number of halogens is 3. The van der Waals surface area contributed by atoms with Crippen molar-refractivity contribution in [3.05, 3.63) is 35.1 Å². The highest BCUT2D eigenvalue weighted by molar-refractivity contribution is 5.20. The molecule has 0 saturated carbocycles. The molecule has 0 heterocycles. The van der Waals surface area contributed by atoms with Crippen molar-refractivity contribution >= 4 is 0 Å². The monoisotopic (exact) mass is 190 g/mol. The first-order valence-corrected chi connectivity index (χ1v) is 3.82. The van der Waals surface area contributed by atoms with E-state index in [9.17, 15) is 13.2 Å². The summed E-state index contributed by atoms with van der Waals surface area (Å²) in [5.41, 5.74) is -0.0195. The van der Waals surface area contributed by atoms with E-state index in [2.05, 4.69) is 0 Å². The average Bonchev–Trinajstić information content (AvgIpc) is 1.99. The number of aliphatic hydroxyl groups excluding tert-OH is 1.